The highest BCUT2D eigenvalue weighted by atomic mass is 16.5. The Hall–Kier alpha value is -0.120. The van der Waals surface area contributed by atoms with E-state index in [2.05, 4.69) is 5.32 Å². The normalized spacial score (nSPS) is 28.5. The number of morpholine rings is 1. The molecule has 3 heteroatoms. The predicted molar refractivity (Wildman–Crippen MR) is 38.9 cm³/mol. The molecule has 10 heavy (non-hydrogen) atoms. The Kier molecular flexibility index (Phi) is 2.28. The molecule has 0 aromatic heterocycles. The summed E-state index contributed by atoms with van der Waals surface area (Å²) < 4.78 is 5.19. The summed E-state index contributed by atoms with van der Waals surface area (Å²) in [5.74, 6) is 0. The summed E-state index contributed by atoms with van der Waals surface area (Å²) in [6.07, 6.45) is 0. The summed E-state index contributed by atoms with van der Waals surface area (Å²) in [5, 5.41) is 12.7. The van der Waals surface area contributed by atoms with E-state index in [-0.39, 0.29) is 6.04 Å². The van der Waals surface area contributed by atoms with E-state index in [9.17, 15) is 5.11 Å². The highest BCUT2D eigenvalue weighted by molar-refractivity contribution is 4.85. The Labute approximate surface area is 61.4 Å². The number of hydrogen-bond donors (Lipinski definition) is 2. The molecule has 0 saturated carbocycles. The first-order valence-electron chi connectivity index (χ1n) is 3.64. The van der Waals surface area contributed by atoms with E-state index in [1.165, 1.54) is 0 Å². The molecule has 1 aliphatic heterocycles. The van der Waals surface area contributed by atoms with Gasteiger partial charge in [0.1, 0.15) is 0 Å². The van der Waals surface area contributed by atoms with Crippen LogP contribution in [-0.4, -0.2) is 36.5 Å². The van der Waals surface area contributed by atoms with E-state index >= 15 is 0 Å². The van der Waals surface area contributed by atoms with Crippen molar-refractivity contribution >= 4 is 0 Å². The molecule has 1 fully saturated rings. The first-order chi connectivity index (χ1) is 4.61. The monoisotopic (exact) mass is 145 g/mol. The third kappa shape index (κ3) is 1.94. The zero-order chi connectivity index (χ0) is 7.61. The molecule has 1 saturated heterocycles. The van der Waals surface area contributed by atoms with Crippen LogP contribution in [0.4, 0.5) is 0 Å². The summed E-state index contributed by atoms with van der Waals surface area (Å²) in [4.78, 5) is 0. The SMILES string of the molecule is CC(C)(O)[C@H]1COCCN1. The molecule has 2 N–H and O–H groups in total. The molecule has 1 atom stereocenters. The minimum absolute atomic E-state index is 0.0845. The third-order valence-corrected chi connectivity index (χ3v) is 1.77. The maximum Gasteiger partial charge on any atom is 0.0766 e. The maximum atomic E-state index is 9.50. The Bertz CT molecular complexity index is 103. The molecule has 0 bridgehead atoms. The average molecular weight is 145 g/mol. The third-order valence-electron chi connectivity index (χ3n) is 1.77. The molecule has 0 spiro atoms. The zero-order valence-electron chi connectivity index (χ0n) is 6.55. The fourth-order valence-electron chi connectivity index (χ4n) is 1.02. The molecule has 0 aromatic rings. The second-order valence-electron chi connectivity index (χ2n) is 3.24. The fraction of sp³-hybridized carbons (Fsp3) is 1.00. The molecule has 0 aliphatic carbocycles. The summed E-state index contributed by atoms with van der Waals surface area (Å²) >= 11 is 0. The summed E-state index contributed by atoms with van der Waals surface area (Å²) in [6.45, 7) is 5.80. The summed E-state index contributed by atoms with van der Waals surface area (Å²) in [7, 11) is 0. The zero-order valence-corrected chi connectivity index (χ0v) is 6.55. The minimum atomic E-state index is -0.666. The van der Waals surface area contributed by atoms with E-state index in [1.54, 1.807) is 13.8 Å². The van der Waals surface area contributed by atoms with Crippen molar-refractivity contribution in [3.8, 4) is 0 Å². The lowest BCUT2D eigenvalue weighted by Gasteiger charge is -2.33. The lowest BCUT2D eigenvalue weighted by Crippen LogP contribution is -2.53. The van der Waals surface area contributed by atoms with Crippen LogP contribution in [-0.2, 0) is 4.74 Å². The Morgan fingerprint density at radius 3 is 2.60 bits per heavy atom. The topological polar surface area (TPSA) is 41.5 Å². The van der Waals surface area contributed by atoms with Gasteiger partial charge in [-0.25, -0.2) is 0 Å². The quantitative estimate of drug-likeness (QED) is 0.534. The molecule has 0 unspecified atom stereocenters. The number of hydrogen-bond acceptors (Lipinski definition) is 3. The van der Waals surface area contributed by atoms with Gasteiger partial charge >= 0.3 is 0 Å². The fourth-order valence-corrected chi connectivity index (χ4v) is 1.02. The van der Waals surface area contributed by atoms with Gasteiger partial charge in [0.2, 0.25) is 0 Å². The molecular formula is C7H15NO2. The van der Waals surface area contributed by atoms with Crippen molar-refractivity contribution in [3.63, 3.8) is 0 Å². The van der Waals surface area contributed by atoms with Crippen molar-refractivity contribution in [1.82, 2.24) is 5.32 Å². The van der Waals surface area contributed by atoms with Gasteiger partial charge in [0.15, 0.2) is 0 Å². The van der Waals surface area contributed by atoms with Crippen LogP contribution in [0.15, 0.2) is 0 Å². The molecule has 0 amide bonds. The van der Waals surface area contributed by atoms with Crippen molar-refractivity contribution in [2.45, 2.75) is 25.5 Å². The Morgan fingerprint density at radius 2 is 2.30 bits per heavy atom. The van der Waals surface area contributed by atoms with Gasteiger partial charge in [-0.05, 0) is 13.8 Å². The second kappa shape index (κ2) is 2.86. The van der Waals surface area contributed by atoms with Crippen LogP contribution in [0.25, 0.3) is 0 Å². The standard InChI is InChI=1S/C7H15NO2/c1-7(2,9)6-5-10-4-3-8-6/h6,8-9H,3-5H2,1-2H3/t6-/m1/s1. The lowest BCUT2D eigenvalue weighted by molar-refractivity contribution is -0.0284. The second-order valence-corrected chi connectivity index (χ2v) is 3.24. The molecule has 1 rings (SSSR count). The van der Waals surface area contributed by atoms with Crippen molar-refractivity contribution in [1.29, 1.82) is 0 Å². The van der Waals surface area contributed by atoms with E-state index in [1.807, 2.05) is 0 Å². The van der Waals surface area contributed by atoms with Gasteiger partial charge < -0.3 is 15.2 Å². The van der Waals surface area contributed by atoms with E-state index in [0.29, 0.717) is 6.61 Å². The molecule has 3 nitrogen and oxygen atoms in total. The van der Waals surface area contributed by atoms with Crippen molar-refractivity contribution in [2.75, 3.05) is 19.8 Å². The summed E-state index contributed by atoms with van der Waals surface area (Å²) in [5.41, 5.74) is -0.666. The molecule has 0 radical (unpaired) electrons. The van der Waals surface area contributed by atoms with Crippen LogP contribution in [0.2, 0.25) is 0 Å². The van der Waals surface area contributed by atoms with Crippen molar-refractivity contribution < 1.29 is 9.84 Å². The summed E-state index contributed by atoms with van der Waals surface area (Å²) in [6, 6.07) is 0.0845. The first-order valence-corrected chi connectivity index (χ1v) is 3.64. The van der Waals surface area contributed by atoms with Crippen LogP contribution >= 0.6 is 0 Å². The van der Waals surface area contributed by atoms with Gasteiger partial charge in [-0.2, -0.15) is 0 Å². The first kappa shape index (κ1) is 7.98. The highest BCUT2D eigenvalue weighted by Gasteiger charge is 2.27. The number of ether oxygens (including phenoxy) is 1. The predicted octanol–water partition coefficient (Wildman–Crippen LogP) is -0.254. The van der Waals surface area contributed by atoms with Crippen LogP contribution in [0.1, 0.15) is 13.8 Å². The smallest absolute Gasteiger partial charge is 0.0766 e. The Morgan fingerprint density at radius 1 is 1.60 bits per heavy atom. The maximum absolute atomic E-state index is 9.50. The van der Waals surface area contributed by atoms with Crippen LogP contribution < -0.4 is 5.32 Å². The molecule has 60 valence electrons. The minimum Gasteiger partial charge on any atom is -0.389 e. The van der Waals surface area contributed by atoms with Crippen molar-refractivity contribution in [2.24, 2.45) is 0 Å². The van der Waals surface area contributed by atoms with E-state index in [4.69, 9.17) is 4.74 Å². The van der Waals surface area contributed by atoms with Crippen LogP contribution in [0.3, 0.4) is 0 Å². The highest BCUT2D eigenvalue weighted by Crippen LogP contribution is 2.10. The lowest BCUT2D eigenvalue weighted by atomic mass is 9.99. The van der Waals surface area contributed by atoms with Gasteiger partial charge in [0, 0.05) is 6.54 Å². The van der Waals surface area contributed by atoms with Gasteiger partial charge in [-0.1, -0.05) is 0 Å². The average Bonchev–Trinajstić information content (AvgIpc) is 1.88. The molecule has 1 aliphatic rings. The van der Waals surface area contributed by atoms with Gasteiger partial charge in [0.05, 0.1) is 24.9 Å². The number of rotatable bonds is 1. The van der Waals surface area contributed by atoms with E-state index < -0.39 is 5.60 Å². The molecule has 1 heterocycles. The van der Waals surface area contributed by atoms with Crippen LogP contribution in [0, 0.1) is 0 Å². The Balaban J connectivity index is 2.39. The van der Waals surface area contributed by atoms with Gasteiger partial charge in [-0.3, -0.25) is 0 Å². The van der Waals surface area contributed by atoms with E-state index in [0.717, 1.165) is 13.2 Å². The molecular weight excluding hydrogens is 130 g/mol. The molecule has 0 aromatic carbocycles. The number of aliphatic hydroxyl groups is 1. The van der Waals surface area contributed by atoms with Gasteiger partial charge in [-0.15, -0.1) is 0 Å². The van der Waals surface area contributed by atoms with Gasteiger partial charge in [0.25, 0.3) is 0 Å². The largest absolute Gasteiger partial charge is 0.389 e. The van der Waals surface area contributed by atoms with Crippen LogP contribution in [0.5, 0.6) is 0 Å². The number of nitrogens with one attached hydrogen (secondary N) is 1. The van der Waals surface area contributed by atoms with Crippen molar-refractivity contribution in [3.05, 3.63) is 0 Å².